The second-order valence-electron chi connectivity index (χ2n) is 9.23. The van der Waals surface area contributed by atoms with E-state index in [4.69, 9.17) is 9.84 Å². The molecule has 1 heterocycles. The Bertz CT molecular complexity index is 1360. The summed E-state index contributed by atoms with van der Waals surface area (Å²) in [5.74, 6) is -1.19. The molecule has 0 amide bonds. The van der Waals surface area contributed by atoms with Crippen LogP contribution in [-0.4, -0.2) is 34.2 Å². The summed E-state index contributed by atoms with van der Waals surface area (Å²) < 4.78 is 127. The van der Waals surface area contributed by atoms with Gasteiger partial charge in [-0.05, 0) is 60.9 Å². The summed E-state index contributed by atoms with van der Waals surface area (Å²) in [7, 11) is 0. The number of benzene rings is 2. The highest BCUT2D eigenvalue weighted by Gasteiger charge is 2.37. The Morgan fingerprint density at radius 2 is 1.44 bits per heavy atom. The topological polar surface area (TPSA) is 87.6 Å². The minimum Gasteiger partial charge on any atom is -0.490 e. The fourth-order valence-corrected chi connectivity index (χ4v) is 3.96. The molecule has 43 heavy (non-hydrogen) atoms. The molecule has 234 valence electrons. The van der Waals surface area contributed by atoms with Crippen molar-refractivity contribution in [1.29, 1.82) is 0 Å². The van der Waals surface area contributed by atoms with E-state index >= 15 is 0 Å². The summed E-state index contributed by atoms with van der Waals surface area (Å²) in [5.41, 5.74) is -4.31. The number of ether oxygens (including phenoxy) is 1. The van der Waals surface area contributed by atoms with Gasteiger partial charge in [0.2, 0.25) is 5.95 Å². The number of halogens is 9. The molecule has 0 bridgehead atoms. The molecule has 3 aromatic rings. The standard InChI is InChI=1S/C27H25F9N4O3/c1-2-37-22-6-5-18(25(28,29)30)10-17(22)15-40(24-38-12-21(13-39-24)43-7-3-4-23(41)42)14-16-8-19(26(31,32)33)11-20(9-16)27(34,35)36/h5-6,8-13,37H,2-4,7,14-15H2,1H3,(H,41,42). The molecule has 3 rings (SSSR count). The average Bonchev–Trinajstić information content (AvgIpc) is 2.90. The highest BCUT2D eigenvalue weighted by Crippen LogP contribution is 2.37. The highest BCUT2D eigenvalue weighted by atomic mass is 19.4. The van der Waals surface area contributed by atoms with E-state index in [9.17, 15) is 44.3 Å². The first kappa shape index (κ1) is 33.3. The maximum Gasteiger partial charge on any atom is 0.416 e. The lowest BCUT2D eigenvalue weighted by atomic mass is 10.0. The number of carboxylic acid groups (broad SMARTS) is 1. The molecule has 0 saturated carbocycles. The van der Waals surface area contributed by atoms with Crippen molar-refractivity contribution in [3.8, 4) is 5.75 Å². The molecule has 2 aromatic carbocycles. The number of carbonyl (C=O) groups is 1. The van der Waals surface area contributed by atoms with Gasteiger partial charge in [-0.1, -0.05) is 0 Å². The van der Waals surface area contributed by atoms with Gasteiger partial charge in [-0.15, -0.1) is 0 Å². The van der Waals surface area contributed by atoms with E-state index in [1.54, 1.807) is 6.92 Å². The smallest absolute Gasteiger partial charge is 0.416 e. The van der Waals surface area contributed by atoms with E-state index in [1.807, 2.05) is 0 Å². The van der Waals surface area contributed by atoms with Gasteiger partial charge in [0, 0.05) is 31.7 Å². The van der Waals surface area contributed by atoms with Crippen LogP contribution >= 0.6 is 0 Å². The van der Waals surface area contributed by atoms with Gasteiger partial charge in [-0.3, -0.25) is 4.79 Å². The van der Waals surface area contributed by atoms with Gasteiger partial charge in [0.05, 0.1) is 35.7 Å². The summed E-state index contributed by atoms with van der Waals surface area (Å²) in [4.78, 5) is 19.9. The lowest BCUT2D eigenvalue weighted by molar-refractivity contribution is -0.143. The third-order valence-electron chi connectivity index (χ3n) is 5.88. The van der Waals surface area contributed by atoms with Crippen LogP contribution in [0.2, 0.25) is 0 Å². The number of hydrogen-bond acceptors (Lipinski definition) is 6. The van der Waals surface area contributed by atoms with Crippen LogP contribution in [0.5, 0.6) is 5.75 Å². The molecular weight excluding hydrogens is 599 g/mol. The van der Waals surface area contributed by atoms with Gasteiger partial charge in [0.15, 0.2) is 5.75 Å². The number of alkyl halides is 9. The first-order chi connectivity index (χ1) is 20.0. The van der Waals surface area contributed by atoms with Crippen LogP contribution in [-0.2, 0) is 36.4 Å². The number of rotatable bonds is 12. The second-order valence-corrected chi connectivity index (χ2v) is 9.23. The molecule has 0 aliphatic rings. The summed E-state index contributed by atoms with van der Waals surface area (Å²) in [6.07, 6.45) is -12.7. The maximum absolute atomic E-state index is 13.5. The summed E-state index contributed by atoms with van der Waals surface area (Å²) in [6.45, 7) is 0.875. The van der Waals surface area contributed by atoms with Crippen LogP contribution in [0.25, 0.3) is 0 Å². The average molecular weight is 625 g/mol. The Morgan fingerprint density at radius 1 is 0.860 bits per heavy atom. The maximum atomic E-state index is 13.5. The Kier molecular flexibility index (Phi) is 10.3. The second kappa shape index (κ2) is 13.4. The third kappa shape index (κ3) is 9.64. The van der Waals surface area contributed by atoms with E-state index < -0.39 is 59.8 Å². The van der Waals surface area contributed by atoms with Crippen LogP contribution in [0.1, 0.15) is 47.6 Å². The predicted molar refractivity (Wildman–Crippen MR) is 136 cm³/mol. The van der Waals surface area contributed by atoms with E-state index in [0.29, 0.717) is 18.7 Å². The quantitative estimate of drug-likeness (QED) is 0.160. The number of nitrogens with one attached hydrogen (secondary N) is 1. The molecule has 2 N–H and O–H groups in total. The fourth-order valence-electron chi connectivity index (χ4n) is 3.96. The number of nitrogens with zero attached hydrogens (tertiary/aromatic N) is 3. The number of aliphatic carboxylic acids is 1. The highest BCUT2D eigenvalue weighted by molar-refractivity contribution is 5.66. The lowest BCUT2D eigenvalue weighted by Crippen LogP contribution is -2.26. The van der Waals surface area contributed by atoms with Crippen molar-refractivity contribution in [2.75, 3.05) is 23.4 Å². The summed E-state index contributed by atoms with van der Waals surface area (Å²) in [5, 5.41) is 11.6. The Hall–Kier alpha value is -4.24. The summed E-state index contributed by atoms with van der Waals surface area (Å²) in [6, 6.07) is 3.82. The zero-order chi connectivity index (χ0) is 32.0. The van der Waals surface area contributed by atoms with Crippen LogP contribution in [0, 0.1) is 0 Å². The molecule has 16 heteroatoms. The molecule has 7 nitrogen and oxygen atoms in total. The molecule has 0 aliphatic carbocycles. The Morgan fingerprint density at radius 3 is 1.95 bits per heavy atom. The molecule has 0 unspecified atom stereocenters. The molecule has 0 aliphatic heterocycles. The minimum atomic E-state index is -5.11. The van der Waals surface area contributed by atoms with Gasteiger partial charge in [-0.25, -0.2) is 9.97 Å². The van der Waals surface area contributed by atoms with Crippen molar-refractivity contribution in [3.05, 3.63) is 76.6 Å². The van der Waals surface area contributed by atoms with Crippen LogP contribution in [0.3, 0.4) is 0 Å². The molecule has 0 fully saturated rings. The van der Waals surface area contributed by atoms with Crippen molar-refractivity contribution >= 4 is 17.6 Å². The SMILES string of the molecule is CCNc1ccc(C(F)(F)F)cc1CN(Cc1cc(C(F)(F)F)cc(C(F)(F)F)c1)c1ncc(OCCCC(=O)O)cn1. The predicted octanol–water partition coefficient (Wildman–Crippen LogP) is 7.42. The van der Waals surface area contributed by atoms with Crippen molar-refractivity contribution in [3.63, 3.8) is 0 Å². The number of carboxylic acids is 1. The zero-order valence-corrected chi connectivity index (χ0v) is 22.4. The first-order valence-corrected chi connectivity index (χ1v) is 12.6. The molecule has 1 aromatic heterocycles. The van der Waals surface area contributed by atoms with E-state index in [2.05, 4.69) is 15.3 Å². The van der Waals surface area contributed by atoms with E-state index in [1.165, 1.54) is 6.07 Å². The minimum absolute atomic E-state index is 0.0144. The molecule has 0 radical (unpaired) electrons. The van der Waals surface area contributed by atoms with Gasteiger partial charge in [-0.2, -0.15) is 39.5 Å². The largest absolute Gasteiger partial charge is 0.490 e. The van der Waals surface area contributed by atoms with Gasteiger partial charge >= 0.3 is 24.5 Å². The lowest BCUT2D eigenvalue weighted by Gasteiger charge is -2.26. The fraction of sp³-hybridized carbons (Fsp3) is 0.370. The van der Waals surface area contributed by atoms with Gasteiger partial charge < -0.3 is 20.1 Å². The van der Waals surface area contributed by atoms with Gasteiger partial charge in [0.1, 0.15) is 0 Å². The third-order valence-corrected chi connectivity index (χ3v) is 5.88. The number of aromatic nitrogens is 2. The first-order valence-electron chi connectivity index (χ1n) is 12.6. The summed E-state index contributed by atoms with van der Waals surface area (Å²) >= 11 is 0. The van der Waals surface area contributed by atoms with Crippen LogP contribution in [0.15, 0.2) is 48.8 Å². The zero-order valence-electron chi connectivity index (χ0n) is 22.4. The van der Waals surface area contributed by atoms with Crippen molar-refractivity contribution in [2.24, 2.45) is 0 Å². The number of anilines is 2. The molecule has 0 saturated heterocycles. The van der Waals surface area contributed by atoms with Crippen molar-refractivity contribution < 1.29 is 54.2 Å². The van der Waals surface area contributed by atoms with Crippen LogP contribution in [0.4, 0.5) is 51.1 Å². The molecule has 0 atom stereocenters. The molecule has 0 spiro atoms. The Labute approximate surface area is 239 Å². The normalized spacial score (nSPS) is 12.2. The Balaban J connectivity index is 2.05. The van der Waals surface area contributed by atoms with Crippen molar-refractivity contribution in [2.45, 2.75) is 51.4 Å². The van der Waals surface area contributed by atoms with Crippen molar-refractivity contribution in [1.82, 2.24) is 9.97 Å². The van der Waals surface area contributed by atoms with Gasteiger partial charge in [0.25, 0.3) is 0 Å². The molecular formula is C27H25F9N4O3. The monoisotopic (exact) mass is 624 g/mol. The van der Waals surface area contributed by atoms with E-state index in [0.717, 1.165) is 29.4 Å². The number of hydrogen-bond donors (Lipinski definition) is 2. The van der Waals surface area contributed by atoms with Crippen LogP contribution < -0.4 is 15.0 Å². The van der Waals surface area contributed by atoms with E-state index in [-0.39, 0.29) is 48.5 Å².